The lowest BCUT2D eigenvalue weighted by Gasteiger charge is -2.30. The number of hydrogen-bond acceptors (Lipinski definition) is 4. The second-order valence-corrected chi connectivity index (χ2v) is 8.11. The number of pyridine rings is 1. The summed E-state index contributed by atoms with van der Waals surface area (Å²) in [6, 6.07) is 10.4. The third kappa shape index (κ3) is 3.78. The lowest BCUT2D eigenvalue weighted by Crippen LogP contribution is -2.36. The minimum atomic E-state index is 0.122. The fraction of sp³-hybridized carbons (Fsp3) is 0.318. The largest absolute Gasteiger partial charge is 0.312 e. The summed E-state index contributed by atoms with van der Waals surface area (Å²) in [5, 5.41) is 2.89. The van der Waals surface area contributed by atoms with Gasteiger partial charge in [0.1, 0.15) is 5.01 Å². The molecule has 0 radical (unpaired) electrons. The maximum atomic E-state index is 13.0. The normalized spacial score (nSPS) is 13.7. The van der Waals surface area contributed by atoms with E-state index in [4.69, 9.17) is 0 Å². The van der Waals surface area contributed by atoms with E-state index < -0.39 is 0 Å². The molecule has 0 unspecified atom stereocenters. The summed E-state index contributed by atoms with van der Waals surface area (Å²) >= 11 is 1.56. The van der Waals surface area contributed by atoms with E-state index in [2.05, 4.69) is 42.0 Å². The lowest BCUT2D eigenvalue weighted by molar-refractivity contribution is -0.118. The second-order valence-electron chi connectivity index (χ2n) is 7.25. The fourth-order valence-corrected chi connectivity index (χ4v) is 4.31. The van der Waals surface area contributed by atoms with Gasteiger partial charge in [0.05, 0.1) is 12.1 Å². The molecule has 2 aromatic heterocycles. The summed E-state index contributed by atoms with van der Waals surface area (Å²) in [5.41, 5.74) is 5.51. The summed E-state index contributed by atoms with van der Waals surface area (Å²) in [6.45, 7) is 5.19. The van der Waals surface area contributed by atoms with Crippen molar-refractivity contribution in [3.05, 3.63) is 64.9 Å². The molecule has 138 valence electrons. The maximum Gasteiger partial charge on any atom is 0.233 e. The number of thiazole rings is 1. The van der Waals surface area contributed by atoms with Gasteiger partial charge in [-0.1, -0.05) is 26.0 Å². The van der Waals surface area contributed by atoms with Crippen molar-refractivity contribution in [1.29, 1.82) is 0 Å². The molecule has 0 atom stereocenters. The van der Waals surface area contributed by atoms with Crippen LogP contribution in [0.5, 0.6) is 0 Å². The van der Waals surface area contributed by atoms with Crippen LogP contribution in [0.1, 0.15) is 43.0 Å². The molecule has 0 saturated heterocycles. The number of aromatic nitrogens is 2. The molecule has 0 bridgehead atoms. The highest BCUT2D eigenvalue weighted by molar-refractivity contribution is 7.13. The molecule has 4 rings (SSSR count). The molecule has 3 aromatic rings. The van der Waals surface area contributed by atoms with Crippen molar-refractivity contribution in [2.75, 3.05) is 11.4 Å². The Morgan fingerprint density at radius 2 is 2.19 bits per heavy atom. The van der Waals surface area contributed by atoms with Crippen LogP contribution in [-0.2, 0) is 17.6 Å². The van der Waals surface area contributed by atoms with E-state index in [0.717, 1.165) is 41.3 Å². The van der Waals surface area contributed by atoms with Crippen molar-refractivity contribution in [2.45, 2.75) is 39.0 Å². The molecule has 4 nitrogen and oxygen atoms in total. The highest BCUT2D eigenvalue weighted by atomic mass is 32.1. The monoisotopic (exact) mass is 377 g/mol. The molecular weight excluding hydrogens is 354 g/mol. The number of rotatable bonds is 4. The van der Waals surface area contributed by atoms with E-state index in [1.165, 1.54) is 11.1 Å². The van der Waals surface area contributed by atoms with Crippen LogP contribution in [0.3, 0.4) is 0 Å². The van der Waals surface area contributed by atoms with Crippen LogP contribution in [-0.4, -0.2) is 22.4 Å². The Labute approximate surface area is 163 Å². The summed E-state index contributed by atoms with van der Waals surface area (Å²) in [7, 11) is 0. The highest BCUT2D eigenvalue weighted by Crippen LogP contribution is 2.31. The predicted octanol–water partition coefficient (Wildman–Crippen LogP) is 4.85. The number of carbonyl (C=O) groups excluding carboxylic acids is 1. The van der Waals surface area contributed by atoms with E-state index in [1.807, 2.05) is 22.4 Å². The van der Waals surface area contributed by atoms with Gasteiger partial charge in [0.2, 0.25) is 5.91 Å². The molecule has 0 saturated carbocycles. The van der Waals surface area contributed by atoms with Crippen LogP contribution in [0.4, 0.5) is 5.69 Å². The third-order valence-corrected chi connectivity index (χ3v) is 5.92. The van der Waals surface area contributed by atoms with Crippen molar-refractivity contribution < 1.29 is 4.79 Å². The van der Waals surface area contributed by atoms with Gasteiger partial charge in [-0.25, -0.2) is 4.98 Å². The first-order valence-corrected chi connectivity index (χ1v) is 10.3. The average molecular weight is 378 g/mol. The Morgan fingerprint density at radius 1 is 1.30 bits per heavy atom. The number of aryl methyl sites for hydroxylation is 1. The van der Waals surface area contributed by atoms with Crippen LogP contribution in [0, 0.1) is 0 Å². The molecule has 0 spiro atoms. The van der Waals surface area contributed by atoms with Crippen molar-refractivity contribution in [2.24, 2.45) is 0 Å². The zero-order valence-electron chi connectivity index (χ0n) is 15.7. The summed E-state index contributed by atoms with van der Waals surface area (Å²) < 4.78 is 0. The van der Waals surface area contributed by atoms with E-state index in [0.29, 0.717) is 12.3 Å². The van der Waals surface area contributed by atoms with Crippen molar-refractivity contribution >= 4 is 22.9 Å². The SMILES string of the molecule is CC(C)c1ccc2c(c1)CCCN2C(=O)Cc1csc(-c2cccnc2)n1. The highest BCUT2D eigenvalue weighted by Gasteiger charge is 2.23. The Hall–Kier alpha value is -2.53. The number of fused-ring (bicyclic) bond motifs is 1. The van der Waals surface area contributed by atoms with Gasteiger partial charge in [-0.15, -0.1) is 11.3 Å². The summed E-state index contributed by atoms with van der Waals surface area (Å²) in [4.78, 5) is 23.7. The van der Waals surface area contributed by atoms with Crippen LogP contribution in [0.15, 0.2) is 48.1 Å². The van der Waals surface area contributed by atoms with Gasteiger partial charge in [-0.05, 0) is 48.1 Å². The molecule has 5 heteroatoms. The quantitative estimate of drug-likeness (QED) is 0.653. The van der Waals surface area contributed by atoms with Crippen LogP contribution in [0.25, 0.3) is 10.6 Å². The number of benzene rings is 1. The van der Waals surface area contributed by atoms with Crippen LogP contribution in [0.2, 0.25) is 0 Å². The van der Waals surface area contributed by atoms with E-state index in [1.54, 1.807) is 23.7 Å². The number of hydrogen-bond donors (Lipinski definition) is 0. The predicted molar refractivity (Wildman–Crippen MR) is 110 cm³/mol. The Morgan fingerprint density at radius 3 is 2.96 bits per heavy atom. The molecule has 0 aliphatic carbocycles. The molecule has 1 aliphatic rings. The fourth-order valence-electron chi connectivity index (χ4n) is 3.50. The van der Waals surface area contributed by atoms with Crippen LogP contribution >= 0.6 is 11.3 Å². The van der Waals surface area contributed by atoms with Gasteiger partial charge in [-0.3, -0.25) is 9.78 Å². The third-order valence-electron chi connectivity index (χ3n) is 4.98. The maximum absolute atomic E-state index is 13.0. The van der Waals surface area contributed by atoms with Gasteiger partial charge >= 0.3 is 0 Å². The smallest absolute Gasteiger partial charge is 0.233 e. The molecule has 0 N–H and O–H groups in total. The van der Waals surface area contributed by atoms with Crippen molar-refractivity contribution in [3.8, 4) is 10.6 Å². The Bertz CT molecular complexity index is 949. The molecule has 1 aliphatic heterocycles. The minimum Gasteiger partial charge on any atom is -0.312 e. The van der Waals surface area contributed by atoms with Gasteiger partial charge < -0.3 is 4.90 Å². The van der Waals surface area contributed by atoms with Gasteiger partial charge in [0.15, 0.2) is 0 Å². The molecule has 1 amide bonds. The van der Waals surface area contributed by atoms with E-state index >= 15 is 0 Å². The minimum absolute atomic E-state index is 0.122. The molecular formula is C22H23N3OS. The first-order chi connectivity index (χ1) is 13.1. The summed E-state index contributed by atoms with van der Waals surface area (Å²) in [6.07, 6.45) is 5.94. The molecule has 3 heterocycles. The van der Waals surface area contributed by atoms with Gasteiger partial charge in [0, 0.05) is 35.6 Å². The van der Waals surface area contributed by atoms with Gasteiger partial charge in [-0.2, -0.15) is 0 Å². The molecule has 0 fully saturated rings. The Balaban J connectivity index is 1.52. The zero-order valence-corrected chi connectivity index (χ0v) is 16.5. The molecule has 27 heavy (non-hydrogen) atoms. The first kappa shape index (κ1) is 17.9. The molecule has 1 aromatic carbocycles. The van der Waals surface area contributed by atoms with E-state index in [9.17, 15) is 4.79 Å². The topological polar surface area (TPSA) is 46.1 Å². The van der Waals surface area contributed by atoms with Crippen molar-refractivity contribution in [1.82, 2.24) is 9.97 Å². The van der Waals surface area contributed by atoms with Crippen molar-refractivity contribution in [3.63, 3.8) is 0 Å². The van der Waals surface area contributed by atoms with E-state index in [-0.39, 0.29) is 5.91 Å². The zero-order chi connectivity index (χ0) is 18.8. The lowest BCUT2D eigenvalue weighted by atomic mass is 9.94. The average Bonchev–Trinajstić information content (AvgIpc) is 3.16. The van der Waals surface area contributed by atoms with Crippen LogP contribution < -0.4 is 4.90 Å². The van der Waals surface area contributed by atoms with Gasteiger partial charge in [0.25, 0.3) is 0 Å². The number of carbonyl (C=O) groups is 1. The Kier molecular flexibility index (Phi) is 5.03. The number of nitrogens with zero attached hydrogens (tertiary/aromatic N) is 3. The first-order valence-electron chi connectivity index (χ1n) is 9.40. The number of anilines is 1. The number of amides is 1. The second kappa shape index (κ2) is 7.61. The standard InChI is InChI=1S/C22H23N3OS/c1-15(2)16-7-8-20-17(11-16)6-4-10-25(20)21(26)12-19-14-27-22(24-19)18-5-3-9-23-13-18/h3,5,7-9,11,13-15H,4,6,10,12H2,1-2H3. The summed E-state index contributed by atoms with van der Waals surface area (Å²) in [5.74, 6) is 0.624.